The lowest BCUT2D eigenvalue weighted by atomic mass is 10.2. The Hall–Kier alpha value is -2.33. The Bertz CT molecular complexity index is 838. The Kier molecular flexibility index (Phi) is 6.74. The van der Waals surface area contributed by atoms with Crippen LogP contribution in [0, 0.1) is 10.7 Å². The molecule has 3 rings (SSSR count). The van der Waals surface area contributed by atoms with E-state index in [9.17, 15) is 4.79 Å². The summed E-state index contributed by atoms with van der Waals surface area (Å²) >= 11 is 5.48. The molecule has 28 heavy (non-hydrogen) atoms. The van der Waals surface area contributed by atoms with Gasteiger partial charge >= 0.3 is 5.97 Å². The lowest BCUT2D eigenvalue weighted by molar-refractivity contribution is 0.0526. The van der Waals surface area contributed by atoms with Gasteiger partial charge in [-0.15, -0.1) is 0 Å². The monoisotopic (exact) mass is 405 g/mol. The molecule has 1 aliphatic rings. The molecular weight excluding hydrogens is 378 g/mol. The van der Waals surface area contributed by atoms with Crippen molar-refractivity contribution in [2.45, 2.75) is 34.0 Å². The van der Waals surface area contributed by atoms with Gasteiger partial charge in [-0.1, -0.05) is 13.8 Å². The zero-order chi connectivity index (χ0) is 20.1. The molecule has 0 N–H and O–H groups in total. The van der Waals surface area contributed by atoms with Crippen LogP contribution >= 0.6 is 12.2 Å². The Morgan fingerprint density at radius 1 is 1.18 bits per heavy atom. The molecule has 10 heteroatoms. The fraction of sp³-hybridized carbons (Fsp3) is 0.611. The van der Waals surface area contributed by atoms with Crippen LogP contribution in [-0.2, 0) is 18.0 Å². The van der Waals surface area contributed by atoms with Crippen LogP contribution in [-0.4, -0.2) is 68.4 Å². The van der Waals surface area contributed by atoms with Gasteiger partial charge in [0.2, 0.25) is 4.77 Å². The first-order valence-electron chi connectivity index (χ1n) is 9.59. The maximum absolute atomic E-state index is 11.7. The third kappa shape index (κ3) is 4.93. The van der Waals surface area contributed by atoms with Gasteiger partial charge in [0.15, 0.2) is 0 Å². The molecule has 3 heterocycles. The van der Waals surface area contributed by atoms with Gasteiger partial charge in [-0.05, 0) is 47.6 Å². The number of nitrogens with zero attached hydrogens (tertiary/aromatic N) is 7. The predicted molar refractivity (Wildman–Crippen MR) is 108 cm³/mol. The number of carbonyl (C=O) groups is 1. The Labute approximate surface area is 169 Å². The number of anilines is 1. The van der Waals surface area contributed by atoms with Crippen molar-refractivity contribution < 1.29 is 9.53 Å². The fourth-order valence-corrected chi connectivity index (χ4v) is 3.28. The number of esters is 1. The molecule has 1 saturated heterocycles. The first-order valence-corrected chi connectivity index (χ1v) is 9.99. The van der Waals surface area contributed by atoms with Gasteiger partial charge < -0.3 is 9.64 Å². The lowest BCUT2D eigenvalue weighted by Crippen LogP contribution is -2.47. The van der Waals surface area contributed by atoms with E-state index in [2.05, 4.69) is 39.1 Å². The summed E-state index contributed by atoms with van der Waals surface area (Å²) in [6, 6.07) is 3.63. The highest BCUT2D eigenvalue weighted by atomic mass is 32.1. The van der Waals surface area contributed by atoms with Crippen molar-refractivity contribution in [2.75, 3.05) is 37.7 Å². The summed E-state index contributed by atoms with van der Waals surface area (Å²) in [5, 5.41) is 8.36. The summed E-state index contributed by atoms with van der Waals surface area (Å²) in [4.78, 5) is 20.7. The number of aromatic nitrogens is 5. The molecule has 2 aromatic rings. The fourth-order valence-electron chi connectivity index (χ4n) is 3.07. The molecule has 1 aliphatic heterocycles. The molecule has 0 amide bonds. The second-order valence-electron chi connectivity index (χ2n) is 7.21. The number of tetrazole rings is 1. The minimum absolute atomic E-state index is 0.339. The van der Waals surface area contributed by atoms with Crippen LogP contribution in [0.1, 0.15) is 31.1 Å². The van der Waals surface area contributed by atoms with Crippen LogP contribution in [0.25, 0.3) is 0 Å². The number of hydrogen-bond donors (Lipinski definition) is 0. The second kappa shape index (κ2) is 9.24. The van der Waals surface area contributed by atoms with Crippen LogP contribution in [0.5, 0.6) is 0 Å². The van der Waals surface area contributed by atoms with E-state index in [1.165, 1.54) is 0 Å². The van der Waals surface area contributed by atoms with Crippen molar-refractivity contribution in [3.8, 4) is 0 Å². The number of pyridine rings is 1. The van der Waals surface area contributed by atoms with Crippen molar-refractivity contribution >= 4 is 24.0 Å². The topological polar surface area (TPSA) is 81.3 Å². The van der Waals surface area contributed by atoms with E-state index < -0.39 is 0 Å². The van der Waals surface area contributed by atoms with Crippen molar-refractivity contribution in [3.63, 3.8) is 0 Å². The Balaban J connectivity index is 1.54. The summed E-state index contributed by atoms with van der Waals surface area (Å²) in [6.45, 7) is 11.3. The normalized spacial score (nSPS) is 15.2. The van der Waals surface area contributed by atoms with Gasteiger partial charge in [0.25, 0.3) is 0 Å². The molecule has 2 aromatic heterocycles. The van der Waals surface area contributed by atoms with Crippen LogP contribution in [0.3, 0.4) is 0 Å². The first-order chi connectivity index (χ1) is 13.5. The molecule has 0 atom stereocenters. The lowest BCUT2D eigenvalue weighted by Gasteiger charge is -2.35. The summed E-state index contributed by atoms with van der Waals surface area (Å²) < 4.78 is 9.21. The average Bonchev–Trinajstić information content (AvgIpc) is 3.02. The van der Waals surface area contributed by atoms with Crippen molar-refractivity contribution in [3.05, 3.63) is 28.7 Å². The van der Waals surface area contributed by atoms with E-state index in [0.29, 0.717) is 29.5 Å². The Morgan fingerprint density at radius 2 is 1.89 bits per heavy atom. The van der Waals surface area contributed by atoms with Gasteiger partial charge in [0, 0.05) is 38.9 Å². The van der Waals surface area contributed by atoms with E-state index in [-0.39, 0.29) is 5.97 Å². The minimum Gasteiger partial charge on any atom is -0.462 e. The molecule has 0 unspecified atom stereocenters. The highest BCUT2D eigenvalue weighted by molar-refractivity contribution is 7.71. The number of rotatable bonds is 7. The first kappa shape index (κ1) is 20.4. The van der Waals surface area contributed by atoms with E-state index in [1.807, 2.05) is 6.07 Å². The van der Waals surface area contributed by atoms with Crippen molar-refractivity contribution in [2.24, 2.45) is 5.92 Å². The largest absolute Gasteiger partial charge is 0.462 e. The van der Waals surface area contributed by atoms with Crippen molar-refractivity contribution in [1.82, 2.24) is 29.7 Å². The van der Waals surface area contributed by atoms with E-state index in [1.54, 1.807) is 28.6 Å². The van der Waals surface area contributed by atoms with Gasteiger partial charge in [0.1, 0.15) is 5.82 Å². The summed E-state index contributed by atoms with van der Waals surface area (Å²) in [7, 11) is 0. The van der Waals surface area contributed by atoms with E-state index in [0.717, 1.165) is 38.5 Å². The van der Waals surface area contributed by atoms with Gasteiger partial charge in [-0.3, -0.25) is 4.90 Å². The molecule has 0 spiro atoms. The van der Waals surface area contributed by atoms with E-state index >= 15 is 0 Å². The third-order valence-electron chi connectivity index (χ3n) is 4.52. The summed E-state index contributed by atoms with van der Waals surface area (Å²) in [6.07, 6.45) is 1.58. The highest BCUT2D eigenvalue weighted by Crippen LogP contribution is 2.15. The maximum atomic E-state index is 11.7. The minimum atomic E-state index is -0.339. The average molecular weight is 406 g/mol. The standard InChI is InChI=1S/C18H27N7O2S/c1-4-27-17(26)15-5-6-16(19-11-15)23-9-7-22(8-10-23)13-25-18(28)24(20-21-25)12-14(2)3/h5-6,11,14H,4,7-10,12-13H2,1-3H3. The zero-order valence-corrected chi connectivity index (χ0v) is 17.4. The number of piperazine rings is 1. The SMILES string of the molecule is CCOC(=O)c1ccc(N2CCN(Cn3nnn(CC(C)C)c3=S)CC2)nc1. The third-order valence-corrected chi connectivity index (χ3v) is 4.95. The van der Waals surface area contributed by atoms with E-state index in [4.69, 9.17) is 17.0 Å². The molecule has 0 bridgehead atoms. The van der Waals surface area contributed by atoms with Crippen LogP contribution in [0.15, 0.2) is 18.3 Å². The molecule has 0 aromatic carbocycles. The summed E-state index contributed by atoms with van der Waals surface area (Å²) in [5.74, 6) is 1.00. The Morgan fingerprint density at radius 3 is 2.50 bits per heavy atom. The van der Waals surface area contributed by atoms with Gasteiger partial charge in [0.05, 0.1) is 18.8 Å². The second-order valence-corrected chi connectivity index (χ2v) is 7.57. The highest BCUT2D eigenvalue weighted by Gasteiger charge is 2.20. The molecule has 0 saturated carbocycles. The zero-order valence-electron chi connectivity index (χ0n) is 16.6. The number of ether oxygens (including phenoxy) is 1. The summed E-state index contributed by atoms with van der Waals surface area (Å²) in [5.41, 5.74) is 0.475. The quantitative estimate of drug-likeness (QED) is 0.510. The molecular formula is C18H27N7O2S. The molecule has 9 nitrogen and oxygen atoms in total. The van der Waals surface area contributed by atoms with Gasteiger partial charge in [-0.25, -0.2) is 19.1 Å². The smallest absolute Gasteiger partial charge is 0.339 e. The molecule has 0 aliphatic carbocycles. The van der Waals surface area contributed by atoms with Crippen LogP contribution in [0.2, 0.25) is 0 Å². The molecule has 1 fully saturated rings. The van der Waals surface area contributed by atoms with Crippen LogP contribution in [0.4, 0.5) is 5.82 Å². The maximum Gasteiger partial charge on any atom is 0.339 e. The predicted octanol–water partition coefficient (Wildman–Crippen LogP) is 1.82. The number of carbonyl (C=O) groups excluding carboxylic acids is 1. The van der Waals surface area contributed by atoms with Crippen molar-refractivity contribution in [1.29, 1.82) is 0 Å². The van der Waals surface area contributed by atoms with Gasteiger partial charge in [-0.2, -0.15) is 0 Å². The number of hydrogen-bond acceptors (Lipinski definition) is 8. The van der Waals surface area contributed by atoms with Crippen LogP contribution < -0.4 is 4.90 Å². The molecule has 152 valence electrons. The molecule has 0 radical (unpaired) electrons.